The Labute approximate surface area is 123 Å². The topological polar surface area (TPSA) is 58.6 Å². The third-order valence-electron chi connectivity index (χ3n) is 4.14. The van der Waals surface area contributed by atoms with Crippen molar-refractivity contribution in [2.75, 3.05) is 26.3 Å². The maximum Gasteiger partial charge on any atom is 0.261 e. The van der Waals surface area contributed by atoms with E-state index in [4.69, 9.17) is 4.74 Å². The molecule has 1 saturated heterocycles. The van der Waals surface area contributed by atoms with Gasteiger partial charge in [0.25, 0.3) is 6.43 Å². The highest BCUT2D eigenvalue weighted by atomic mass is 19.3. The maximum atomic E-state index is 12.7. The van der Waals surface area contributed by atoms with Crippen LogP contribution < -0.4 is 5.32 Å². The molecule has 0 unspecified atom stereocenters. The number of hydrogen-bond donors (Lipinski definition) is 1. The van der Waals surface area contributed by atoms with Crippen LogP contribution in [0.25, 0.3) is 0 Å². The van der Waals surface area contributed by atoms with E-state index in [9.17, 15) is 18.4 Å². The molecular weight excluding hydrogens is 282 g/mol. The molecule has 1 heterocycles. The molecule has 1 saturated carbocycles. The molecule has 1 N–H and O–H groups in total. The summed E-state index contributed by atoms with van der Waals surface area (Å²) in [6, 6.07) is 0. The first-order valence-corrected chi connectivity index (χ1v) is 7.50. The SMILES string of the molecule is O=C1CCN(CCOCC(F)F)C(=O)C2(CCCCC2)N1. The largest absolute Gasteiger partial charge is 0.374 e. The Bertz CT molecular complexity index is 384. The van der Waals surface area contributed by atoms with Crippen molar-refractivity contribution in [3.05, 3.63) is 0 Å². The van der Waals surface area contributed by atoms with E-state index >= 15 is 0 Å². The Balaban J connectivity index is 1.96. The van der Waals surface area contributed by atoms with Crippen molar-refractivity contribution in [2.24, 2.45) is 0 Å². The molecular formula is C14H22F2N2O3. The van der Waals surface area contributed by atoms with Crippen LogP contribution in [0.3, 0.4) is 0 Å². The van der Waals surface area contributed by atoms with Gasteiger partial charge in [-0.15, -0.1) is 0 Å². The molecule has 7 heteroatoms. The first-order valence-electron chi connectivity index (χ1n) is 7.50. The Morgan fingerprint density at radius 3 is 2.62 bits per heavy atom. The van der Waals surface area contributed by atoms with Crippen molar-refractivity contribution in [3.8, 4) is 0 Å². The highest BCUT2D eigenvalue weighted by Gasteiger charge is 2.44. The zero-order valence-corrected chi connectivity index (χ0v) is 12.1. The van der Waals surface area contributed by atoms with Gasteiger partial charge in [0.2, 0.25) is 11.8 Å². The monoisotopic (exact) mass is 304 g/mol. The van der Waals surface area contributed by atoms with Crippen LogP contribution in [0.15, 0.2) is 0 Å². The molecule has 21 heavy (non-hydrogen) atoms. The lowest BCUT2D eigenvalue weighted by molar-refractivity contribution is -0.141. The molecule has 1 spiro atoms. The number of carbonyl (C=O) groups is 2. The molecule has 1 aliphatic carbocycles. The van der Waals surface area contributed by atoms with Crippen molar-refractivity contribution in [1.82, 2.24) is 10.2 Å². The summed E-state index contributed by atoms with van der Waals surface area (Å²) >= 11 is 0. The number of rotatable bonds is 5. The molecule has 2 aliphatic rings. The van der Waals surface area contributed by atoms with Crippen LogP contribution in [0, 0.1) is 0 Å². The van der Waals surface area contributed by atoms with Gasteiger partial charge in [0.1, 0.15) is 12.1 Å². The molecule has 0 aromatic rings. The van der Waals surface area contributed by atoms with E-state index in [1.54, 1.807) is 4.90 Å². The normalized spacial score (nSPS) is 22.5. The minimum Gasteiger partial charge on any atom is -0.374 e. The van der Waals surface area contributed by atoms with Crippen LogP contribution in [0.4, 0.5) is 8.78 Å². The molecule has 2 fully saturated rings. The van der Waals surface area contributed by atoms with E-state index in [0.29, 0.717) is 19.4 Å². The van der Waals surface area contributed by atoms with Gasteiger partial charge in [-0.05, 0) is 12.8 Å². The van der Waals surface area contributed by atoms with Gasteiger partial charge < -0.3 is 15.0 Å². The number of nitrogens with zero attached hydrogens (tertiary/aromatic N) is 1. The maximum absolute atomic E-state index is 12.7. The third kappa shape index (κ3) is 4.12. The summed E-state index contributed by atoms with van der Waals surface area (Å²) in [5, 5.41) is 2.89. The number of carbonyl (C=O) groups excluding carboxylic acids is 2. The fraction of sp³-hybridized carbons (Fsp3) is 0.857. The van der Waals surface area contributed by atoms with Crippen molar-refractivity contribution < 1.29 is 23.1 Å². The van der Waals surface area contributed by atoms with E-state index < -0.39 is 18.6 Å². The van der Waals surface area contributed by atoms with Crippen molar-refractivity contribution in [2.45, 2.75) is 50.5 Å². The molecule has 1 aliphatic heterocycles. The summed E-state index contributed by atoms with van der Waals surface area (Å²) in [7, 11) is 0. The fourth-order valence-electron chi connectivity index (χ4n) is 3.08. The van der Waals surface area contributed by atoms with Gasteiger partial charge in [0.15, 0.2) is 0 Å². The second-order valence-corrected chi connectivity index (χ2v) is 5.70. The molecule has 0 atom stereocenters. The summed E-state index contributed by atoms with van der Waals surface area (Å²) in [4.78, 5) is 26.1. The average molecular weight is 304 g/mol. The van der Waals surface area contributed by atoms with Crippen LogP contribution in [-0.2, 0) is 14.3 Å². The number of amides is 2. The zero-order chi connectivity index (χ0) is 15.3. The van der Waals surface area contributed by atoms with Gasteiger partial charge >= 0.3 is 0 Å². The molecule has 0 aromatic heterocycles. The number of alkyl halides is 2. The third-order valence-corrected chi connectivity index (χ3v) is 4.14. The minimum absolute atomic E-state index is 0.0698. The van der Waals surface area contributed by atoms with Crippen LogP contribution >= 0.6 is 0 Å². The summed E-state index contributed by atoms with van der Waals surface area (Å²) in [6.07, 6.45) is 1.98. The highest BCUT2D eigenvalue weighted by Crippen LogP contribution is 2.31. The first kappa shape index (κ1) is 16.1. The molecule has 0 radical (unpaired) electrons. The average Bonchev–Trinajstić information content (AvgIpc) is 2.56. The van der Waals surface area contributed by atoms with Crippen molar-refractivity contribution >= 4 is 11.8 Å². The summed E-state index contributed by atoms with van der Waals surface area (Å²) in [5.74, 6) is -0.199. The minimum atomic E-state index is -2.50. The highest BCUT2D eigenvalue weighted by molar-refractivity contribution is 5.93. The van der Waals surface area contributed by atoms with E-state index in [-0.39, 0.29) is 31.4 Å². The van der Waals surface area contributed by atoms with Gasteiger partial charge in [-0.2, -0.15) is 0 Å². The van der Waals surface area contributed by atoms with Crippen LogP contribution in [0.1, 0.15) is 38.5 Å². The quantitative estimate of drug-likeness (QED) is 0.779. The van der Waals surface area contributed by atoms with Crippen LogP contribution in [0.5, 0.6) is 0 Å². The predicted octanol–water partition coefficient (Wildman–Crippen LogP) is 1.32. The predicted molar refractivity (Wildman–Crippen MR) is 72.0 cm³/mol. The Hall–Kier alpha value is -1.24. The molecule has 0 bridgehead atoms. The Morgan fingerprint density at radius 2 is 1.95 bits per heavy atom. The number of nitrogens with one attached hydrogen (secondary N) is 1. The summed E-state index contributed by atoms with van der Waals surface area (Å²) in [5.41, 5.74) is -0.783. The van der Waals surface area contributed by atoms with Gasteiger partial charge in [-0.3, -0.25) is 9.59 Å². The van der Waals surface area contributed by atoms with Crippen LogP contribution in [0.2, 0.25) is 0 Å². The summed E-state index contributed by atoms with van der Waals surface area (Å²) in [6.45, 7) is 0.0252. The lowest BCUT2D eigenvalue weighted by Crippen LogP contribution is -2.58. The number of hydrogen-bond acceptors (Lipinski definition) is 3. The standard InChI is InChI=1S/C14H22F2N2O3/c15-11(16)10-21-9-8-18-7-4-12(19)17-14(13(18)20)5-2-1-3-6-14/h11H,1-10H2,(H,17,19). The summed E-state index contributed by atoms with van der Waals surface area (Å²) < 4.78 is 28.9. The van der Waals surface area contributed by atoms with Crippen LogP contribution in [-0.4, -0.2) is 55.0 Å². The second kappa shape index (κ2) is 7.15. The molecule has 0 aromatic carbocycles. The van der Waals surface area contributed by atoms with Crippen molar-refractivity contribution in [1.29, 1.82) is 0 Å². The Morgan fingerprint density at radius 1 is 1.24 bits per heavy atom. The van der Waals surface area contributed by atoms with E-state index in [1.807, 2.05) is 0 Å². The number of ether oxygens (including phenoxy) is 1. The molecule has 120 valence electrons. The zero-order valence-electron chi connectivity index (χ0n) is 12.1. The smallest absolute Gasteiger partial charge is 0.261 e. The lowest BCUT2D eigenvalue weighted by atomic mass is 9.80. The Kier molecular flexibility index (Phi) is 5.50. The fourth-order valence-corrected chi connectivity index (χ4v) is 3.08. The first-order chi connectivity index (χ1) is 10.0. The second-order valence-electron chi connectivity index (χ2n) is 5.70. The lowest BCUT2D eigenvalue weighted by Gasteiger charge is -2.38. The van der Waals surface area contributed by atoms with Gasteiger partial charge in [-0.1, -0.05) is 19.3 Å². The van der Waals surface area contributed by atoms with E-state index in [1.165, 1.54) is 0 Å². The van der Waals surface area contributed by atoms with Crippen molar-refractivity contribution in [3.63, 3.8) is 0 Å². The van der Waals surface area contributed by atoms with E-state index in [0.717, 1.165) is 19.3 Å². The molecule has 5 nitrogen and oxygen atoms in total. The number of halogens is 2. The van der Waals surface area contributed by atoms with Gasteiger partial charge in [-0.25, -0.2) is 8.78 Å². The van der Waals surface area contributed by atoms with Gasteiger partial charge in [0, 0.05) is 19.5 Å². The molecule has 2 rings (SSSR count). The van der Waals surface area contributed by atoms with Gasteiger partial charge in [0.05, 0.1) is 6.61 Å². The molecule has 2 amide bonds. The van der Waals surface area contributed by atoms with E-state index in [2.05, 4.69) is 5.32 Å².